The molecule has 0 atom stereocenters. The van der Waals surface area contributed by atoms with Crippen LogP contribution in [0.25, 0.3) is 0 Å². The highest BCUT2D eigenvalue weighted by atomic mass is 35.5. The SMILES string of the molecule is Clc1cc(CCCN2CCCO2)ccc1OC1CC1. The lowest BCUT2D eigenvalue weighted by molar-refractivity contribution is -0.110. The highest BCUT2D eigenvalue weighted by molar-refractivity contribution is 6.32. The quantitative estimate of drug-likeness (QED) is 0.797. The number of rotatable bonds is 6. The van der Waals surface area contributed by atoms with E-state index in [0.29, 0.717) is 6.10 Å². The second-order valence-corrected chi connectivity index (χ2v) is 5.71. The zero-order valence-corrected chi connectivity index (χ0v) is 11.9. The van der Waals surface area contributed by atoms with E-state index in [4.69, 9.17) is 21.2 Å². The monoisotopic (exact) mass is 281 g/mol. The largest absolute Gasteiger partial charge is 0.489 e. The second-order valence-electron chi connectivity index (χ2n) is 5.30. The van der Waals surface area contributed by atoms with Crippen LogP contribution in [0.15, 0.2) is 18.2 Å². The van der Waals surface area contributed by atoms with Crippen molar-refractivity contribution in [1.82, 2.24) is 5.06 Å². The lowest BCUT2D eigenvalue weighted by atomic mass is 10.1. The van der Waals surface area contributed by atoms with Crippen LogP contribution in [0.3, 0.4) is 0 Å². The fourth-order valence-electron chi connectivity index (χ4n) is 2.30. The molecule has 1 aliphatic heterocycles. The Labute approximate surface area is 119 Å². The van der Waals surface area contributed by atoms with Crippen LogP contribution in [0.4, 0.5) is 0 Å². The normalized spacial score (nSPS) is 19.8. The van der Waals surface area contributed by atoms with Crippen molar-refractivity contribution < 1.29 is 9.57 Å². The fraction of sp³-hybridized carbons (Fsp3) is 0.600. The van der Waals surface area contributed by atoms with E-state index >= 15 is 0 Å². The number of nitrogens with zero attached hydrogens (tertiary/aromatic N) is 1. The Kier molecular flexibility index (Phi) is 4.26. The standard InChI is InChI=1S/C15H20ClNO2/c16-14-11-12(3-1-8-17-9-2-10-18-17)4-7-15(14)19-13-5-6-13/h4,7,11,13H,1-3,5-6,8-10H2. The van der Waals surface area contributed by atoms with E-state index in [9.17, 15) is 0 Å². The second kappa shape index (κ2) is 6.12. The predicted molar refractivity (Wildman–Crippen MR) is 75.6 cm³/mol. The third-order valence-corrected chi connectivity index (χ3v) is 3.81. The van der Waals surface area contributed by atoms with Gasteiger partial charge in [0.05, 0.1) is 17.7 Å². The number of halogens is 1. The average Bonchev–Trinajstić information content (AvgIpc) is 3.06. The molecule has 104 valence electrons. The van der Waals surface area contributed by atoms with E-state index in [-0.39, 0.29) is 0 Å². The van der Waals surface area contributed by atoms with E-state index in [2.05, 4.69) is 11.1 Å². The molecule has 1 aliphatic carbocycles. The van der Waals surface area contributed by atoms with Crippen LogP contribution in [0, 0.1) is 0 Å². The first-order valence-electron chi connectivity index (χ1n) is 7.14. The Morgan fingerprint density at radius 1 is 1.37 bits per heavy atom. The molecule has 19 heavy (non-hydrogen) atoms. The highest BCUT2D eigenvalue weighted by Crippen LogP contribution is 2.32. The number of hydrogen-bond donors (Lipinski definition) is 0. The minimum Gasteiger partial charge on any atom is -0.489 e. The van der Waals surface area contributed by atoms with Crippen LogP contribution in [0.5, 0.6) is 5.75 Å². The van der Waals surface area contributed by atoms with Crippen LogP contribution in [-0.4, -0.2) is 30.9 Å². The van der Waals surface area contributed by atoms with Crippen molar-refractivity contribution in [3.05, 3.63) is 28.8 Å². The van der Waals surface area contributed by atoms with Crippen molar-refractivity contribution in [2.75, 3.05) is 19.7 Å². The van der Waals surface area contributed by atoms with Gasteiger partial charge in [-0.25, -0.2) is 0 Å². The van der Waals surface area contributed by atoms with Crippen molar-refractivity contribution in [3.8, 4) is 5.75 Å². The summed E-state index contributed by atoms with van der Waals surface area (Å²) in [6.45, 7) is 2.94. The number of hydroxylamine groups is 2. The molecule has 0 bridgehead atoms. The van der Waals surface area contributed by atoms with Crippen molar-refractivity contribution in [1.29, 1.82) is 0 Å². The van der Waals surface area contributed by atoms with Crippen molar-refractivity contribution in [2.45, 2.75) is 38.2 Å². The fourth-order valence-corrected chi connectivity index (χ4v) is 2.54. The maximum Gasteiger partial charge on any atom is 0.138 e. The summed E-state index contributed by atoms with van der Waals surface area (Å²) in [5.41, 5.74) is 1.27. The van der Waals surface area contributed by atoms with E-state index in [0.717, 1.165) is 62.6 Å². The molecule has 0 amide bonds. The maximum absolute atomic E-state index is 6.25. The minimum atomic E-state index is 0.399. The van der Waals surface area contributed by atoms with Crippen LogP contribution < -0.4 is 4.74 Å². The van der Waals surface area contributed by atoms with Gasteiger partial charge in [-0.05, 0) is 49.8 Å². The van der Waals surface area contributed by atoms with Crippen molar-refractivity contribution in [3.63, 3.8) is 0 Å². The zero-order chi connectivity index (χ0) is 13.1. The third-order valence-electron chi connectivity index (χ3n) is 3.51. The number of ether oxygens (including phenoxy) is 1. The molecule has 2 aliphatic rings. The van der Waals surface area contributed by atoms with E-state index in [1.54, 1.807) is 0 Å². The summed E-state index contributed by atoms with van der Waals surface area (Å²) in [5.74, 6) is 0.829. The Bertz CT molecular complexity index is 428. The summed E-state index contributed by atoms with van der Waals surface area (Å²) in [7, 11) is 0. The average molecular weight is 282 g/mol. The summed E-state index contributed by atoms with van der Waals surface area (Å²) < 4.78 is 5.74. The topological polar surface area (TPSA) is 21.7 Å². The molecule has 1 saturated carbocycles. The number of aryl methyl sites for hydroxylation is 1. The van der Waals surface area contributed by atoms with Gasteiger partial charge in [-0.15, -0.1) is 0 Å². The summed E-state index contributed by atoms with van der Waals surface area (Å²) in [5, 5.41) is 2.80. The van der Waals surface area contributed by atoms with Gasteiger partial charge in [0.1, 0.15) is 5.75 Å². The van der Waals surface area contributed by atoms with Gasteiger partial charge in [-0.2, -0.15) is 5.06 Å². The molecule has 1 heterocycles. The molecule has 3 rings (SSSR count). The Hall–Kier alpha value is -0.770. The van der Waals surface area contributed by atoms with E-state index in [1.165, 1.54) is 5.56 Å². The first-order valence-corrected chi connectivity index (χ1v) is 7.52. The van der Waals surface area contributed by atoms with Crippen LogP contribution >= 0.6 is 11.6 Å². The first kappa shape index (κ1) is 13.2. The lowest BCUT2D eigenvalue weighted by Gasteiger charge is -2.13. The van der Waals surface area contributed by atoms with Crippen LogP contribution in [0.1, 0.15) is 31.2 Å². The van der Waals surface area contributed by atoms with Crippen molar-refractivity contribution >= 4 is 11.6 Å². The lowest BCUT2D eigenvalue weighted by Crippen LogP contribution is -2.19. The molecule has 0 spiro atoms. The molecule has 0 N–H and O–H groups in total. The van der Waals surface area contributed by atoms with Gasteiger partial charge < -0.3 is 4.74 Å². The zero-order valence-electron chi connectivity index (χ0n) is 11.1. The molecular weight excluding hydrogens is 262 g/mol. The van der Waals surface area contributed by atoms with Crippen LogP contribution in [-0.2, 0) is 11.3 Å². The molecule has 0 aromatic heterocycles. The van der Waals surface area contributed by atoms with Gasteiger partial charge in [0.15, 0.2) is 0 Å². The first-order chi connectivity index (χ1) is 9.31. The van der Waals surface area contributed by atoms with Gasteiger partial charge in [0, 0.05) is 13.1 Å². The van der Waals surface area contributed by atoms with E-state index in [1.807, 2.05) is 12.1 Å². The predicted octanol–water partition coefficient (Wildman–Crippen LogP) is 3.45. The highest BCUT2D eigenvalue weighted by Gasteiger charge is 2.24. The smallest absolute Gasteiger partial charge is 0.138 e. The molecule has 0 unspecified atom stereocenters. The van der Waals surface area contributed by atoms with Gasteiger partial charge in [0.2, 0.25) is 0 Å². The Morgan fingerprint density at radius 3 is 2.95 bits per heavy atom. The van der Waals surface area contributed by atoms with Crippen LogP contribution in [0.2, 0.25) is 5.02 Å². The third kappa shape index (κ3) is 3.85. The molecule has 1 aromatic carbocycles. The molecule has 4 heteroatoms. The van der Waals surface area contributed by atoms with Gasteiger partial charge in [0.25, 0.3) is 0 Å². The molecule has 1 saturated heterocycles. The minimum absolute atomic E-state index is 0.399. The molecule has 2 fully saturated rings. The summed E-state index contributed by atoms with van der Waals surface area (Å²) >= 11 is 6.25. The molecule has 3 nitrogen and oxygen atoms in total. The summed E-state index contributed by atoms with van der Waals surface area (Å²) in [6.07, 6.45) is 6.00. The Balaban J connectivity index is 1.48. The maximum atomic E-state index is 6.25. The molecular formula is C15H20ClNO2. The number of hydrogen-bond acceptors (Lipinski definition) is 3. The summed E-state index contributed by atoms with van der Waals surface area (Å²) in [4.78, 5) is 5.47. The van der Waals surface area contributed by atoms with E-state index < -0.39 is 0 Å². The Morgan fingerprint density at radius 2 is 2.26 bits per heavy atom. The number of benzene rings is 1. The summed E-state index contributed by atoms with van der Waals surface area (Å²) in [6, 6.07) is 6.15. The van der Waals surface area contributed by atoms with Gasteiger partial charge in [-0.3, -0.25) is 4.84 Å². The van der Waals surface area contributed by atoms with Gasteiger partial charge in [-0.1, -0.05) is 17.7 Å². The van der Waals surface area contributed by atoms with Crippen molar-refractivity contribution in [2.24, 2.45) is 0 Å². The molecule has 1 aromatic rings. The van der Waals surface area contributed by atoms with Gasteiger partial charge >= 0.3 is 0 Å². The molecule has 0 radical (unpaired) electrons.